The number of hydrogen-bond acceptors (Lipinski definition) is 4. The van der Waals surface area contributed by atoms with Crippen LogP contribution in [0.5, 0.6) is 5.75 Å². The summed E-state index contributed by atoms with van der Waals surface area (Å²) in [6.07, 6.45) is 0. The Bertz CT molecular complexity index is 876. The minimum atomic E-state index is -1.07. The summed E-state index contributed by atoms with van der Waals surface area (Å²) >= 11 is 0. The summed E-state index contributed by atoms with van der Waals surface area (Å²) in [5.41, 5.74) is 1.22. The van der Waals surface area contributed by atoms with Crippen LogP contribution in [0.15, 0.2) is 48.5 Å². The second kappa shape index (κ2) is 7.49. The fraction of sp³-hybridized carbons (Fsp3) is 0.250. The molecule has 0 saturated carbocycles. The molecular formula is C20H19NO6. The van der Waals surface area contributed by atoms with Crippen molar-refractivity contribution < 1.29 is 29.3 Å². The van der Waals surface area contributed by atoms with Gasteiger partial charge in [0.15, 0.2) is 0 Å². The molecule has 2 atom stereocenters. The summed E-state index contributed by atoms with van der Waals surface area (Å²) in [6.45, 7) is 0.361. The topological polar surface area (TPSA) is 104 Å². The number of carbonyl (C=O) groups is 3. The minimum absolute atomic E-state index is 0.0886. The van der Waals surface area contributed by atoms with Crippen LogP contribution in [0.1, 0.15) is 32.2 Å². The van der Waals surface area contributed by atoms with E-state index >= 15 is 0 Å². The number of methoxy groups -OCH3 is 1. The molecule has 7 nitrogen and oxygen atoms in total. The van der Waals surface area contributed by atoms with Crippen molar-refractivity contribution in [3.63, 3.8) is 0 Å². The van der Waals surface area contributed by atoms with Crippen LogP contribution in [0.2, 0.25) is 0 Å². The molecule has 1 aliphatic heterocycles. The number of hydrogen-bond donors (Lipinski definition) is 2. The van der Waals surface area contributed by atoms with Crippen LogP contribution in [0.3, 0.4) is 0 Å². The highest BCUT2D eigenvalue weighted by molar-refractivity contribution is 5.96. The molecule has 2 aromatic carbocycles. The van der Waals surface area contributed by atoms with E-state index in [1.165, 1.54) is 29.2 Å². The first-order valence-corrected chi connectivity index (χ1v) is 8.40. The fourth-order valence-corrected chi connectivity index (χ4v) is 3.37. The van der Waals surface area contributed by atoms with Gasteiger partial charge < -0.3 is 19.8 Å². The van der Waals surface area contributed by atoms with E-state index in [0.717, 1.165) is 5.56 Å². The maximum absolute atomic E-state index is 12.8. The number of carbonyl (C=O) groups excluding carboxylic acids is 1. The molecule has 1 fully saturated rings. The number of benzene rings is 2. The third-order valence-corrected chi connectivity index (χ3v) is 4.83. The summed E-state index contributed by atoms with van der Waals surface area (Å²) in [6, 6.07) is 12.8. The van der Waals surface area contributed by atoms with Gasteiger partial charge in [-0.15, -0.1) is 0 Å². The zero-order valence-corrected chi connectivity index (χ0v) is 14.7. The van der Waals surface area contributed by atoms with Gasteiger partial charge >= 0.3 is 11.9 Å². The lowest BCUT2D eigenvalue weighted by molar-refractivity contribution is -0.141. The SMILES string of the molecule is COc1cccc(C2CN(C(=O)c3ccc(C(=O)O)cc3)CC2C(=O)O)c1. The molecule has 0 radical (unpaired) electrons. The summed E-state index contributed by atoms with van der Waals surface area (Å²) in [5, 5.41) is 18.6. The molecule has 1 aliphatic rings. The highest BCUT2D eigenvalue weighted by Crippen LogP contribution is 2.35. The maximum Gasteiger partial charge on any atom is 0.335 e. The third kappa shape index (κ3) is 3.76. The zero-order chi connectivity index (χ0) is 19.6. The van der Waals surface area contributed by atoms with Crippen LogP contribution in [-0.4, -0.2) is 53.2 Å². The summed E-state index contributed by atoms with van der Waals surface area (Å²) < 4.78 is 5.21. The van der Waals surface area contributed by atoms with Gasteiger partial charge in [-0.05, 0) is 42.0 Å². The monoisotopic (exact) mass is 369 g/mol. The second-order valence-electron chi connectivity index (χ2n) is 6.42. The summed E-state index contributed by atoms with van der Waals surface area (Å²) in [4.78, 5) is 36.9. The molecule has 7 heteroatoms. The van der Waals surface area contributed by atoms with E-state index in [4.69, 9.17) is 9.84 Å². The maximum atomic E-state index is 12.8. The van der Waals surface area contributed by atoms with Gasteiger partial charge in [0.1, 0.15) is 5.75 Å². The number of carboxylic acid groups (broad SMARTS) is 2. The van der Waals surface area contributed by atoms with E-state index < -0.39 is 17.9 Å². The molecule has 1 saturated heterocycles. The van der Waals surface area contributed by atoms with Gasteiger partial charge in [-0.25, -0.2) is 4.79 Å². The van der Waals surface area contributed by atoms with Crippen molar-refractivity contribution in [2.45, 2.75) is 5.92 Å². The highest BCUT2D eigenvalue weighted by atomic mass is 16.5. The quantitative estimate of drug-likeness (QED) is 0.838. The van der Waals surface area contributed by atoms with Crippen molar-refractivity contribution in [3.8, 4) is 5.75 Å². The Kier molecular flexibility index (Phi) is 5.12. The van der Waals surface area contributed by atoms with Crippen LogP contribution >= 0.6 is 0 Å². The standard InChI is InChI=1S/C20H19NO6/c1-27-15-4-2-3-14(9-15)16-10-21(11-17(16)20(25)26)18(22)12-5-7-13(8-6-12)19(23)24/h2-9,16-17H,10-11H2,1H3,(H,23,24)(H,25,26). The van der Waals surface area contributed by atoms with E-state index in [9.17, 15) is 19.5 Å². The van der Waals surface area contributed by atoms with Crippen molar-refractivity contribution in [2.24, 2.45) is 5.92 Å². The van der Waals surface area contributed by atoms with Gasteiger partial charge in [0.2, 0.25) is 0 Å². The lowest BCUT2D eigenvalue weighted by Crippen LogP contribution is -2.29. The number of ether oxygens (including phenoxy) is 1. The van der Waals surface area contributed by atoms with Crippen LogP contribution in [0.25, 0.3) is 0 Å². The first kappa shape index (κ1) is 18.4. The molecular weight excluding hydrogens is 350 g/mol. The average Bonchev–Trinajstić information content (AvgIpc) is 3.13. The fourth-order valence-electron chi connectivity index (χ4n) is 3.37. The Morgan fingerprint density at radius 1 is 1.00 bits per heavy atom. The van der Waals surface area contributed by atoms with Crippen molar-refractivity contribution in [1.29, 1.82) is 0 Å². The third-order valence-electron chi connectivity index (χ3n) is 4.83. The van der Waals surface area contributed by atoms with Gasteiger partial charge in [-0.2, -0.15) is 0 Å². The number of likely N-dealkylation sites (tertiary alicyclic amines) is 1. The van der Waals surface area contributed by atoms with Gasteiger partial charge in [-0.3, -0.25) is 9.59 Å². The second-order valence-corrected chi connectivity index (χ2v) is 6.42. The Hall–Kier alpha value is -3.35. The van der Waals surface area contributed by atoms with E-state index in [-0.39, 0.29) is 30.5 Å². The smallest absolute Gasteiger partial charge is 0.335 e. The van der Waals surface area contributed by atoms with Crippen molar-refractivity contribution in [1.82, 2.24) is 4.90 Å². The number of amides is 1. The number of rotatable bonds is 5. The van der Waals surface area contributed by atoms with Gasteiger partial charge in [-0.1, -0.05) is 12.1 Å². The predicted molar refractivity (Wildman–Crippen MR) is 96.2 cm³/mol. The summed E-state index contributed by atoms with van der Waals surface area (Å²) in [5.74, 6) is -2.79. The number of aromatic carboxylic acids is 1. The van der Waals surface area contributed by atoms with E-state index in [2.05, 4.69) is 0 Å². The molecule has 0 spiro atoms. The first-order chi connectivity index (χ1) is 12.9. The minimum Gasteiger partial charge on any atom is -0.497 e. The average molecular weight is 369 g/mol. The van der Waals surface area contributed by atoms with Crippen molar-refractivity contribution in [3.05, 3.63) is 65.2 Å². The number of nitrogens with zero attached hydrogens (tertiary/aromatic N) is 1. The van der Waals surface area contributed by atoms with Crippen LogP contribution in [0, 0.1) is 5.92 Å². The normalized spacial score (nSPS) is 18.9. The van der Waals surface area contributed by atoms with Crippen LogP contribution in [0.4, 0.5) is 0 Å². The van der Waals surface area contributed by atoms with Gasteiger partial charge in [0, 0.05) is 24.6 Å². The van der Waals surface area contributed by atoms with E-state index in [1.807, 2.05) is 6.07 Å². The molecule has 140 valence electrons. The van der Waals surface area contributed by atoms with Crippen LogP contribution < -0.4 is 4.74 Å². The summed E-state index contributed by atoms with van der Waals surface area (Å²) in [7, 11) is 1.54. The number of carboxylic acids is 2. The molecule has 2 N–H and O–H groups in total. The van der Waals surface area contributed by atoms with Gasteiger partial charge in [0.25, 0.3) is 5.91 Å². The zero-order valence-electron chi connectivity index (χ0n) is 14.7. The Morgan fingerprint density at radius 2 is 1.67 bits per heavy atom. The van der Waals surface area contributed by atoms with Crippen LogP contribution in [-0.2, 0) is 4.79 Å². The van der Waals surface area contributed by atoms with Gasteiger partial charge in [0.05, 0.1) is 18.6 Å². The molecule has 0 aromatic heterocycles. The Morgan fingerprint density at radius 3 is 2.26 bits per heavy atom. The lowest BCUT2D eigenvalue weighted by atomic mass is 9.89. The van der Waals surface area contributed by atoms with Crippen molar-refractivity contribution >= 4 is 17.8 Å². The molecule has 2 unspecified atom stereocenters. The Labute approximate surface area is 155 Å². The van der Waals surface area contributed by atoms with Crippen molar-refractivity contribution in [2.75, 3.05) is 20.2 Å². The molecule has 0 aliphatic carbocycles. The number of aliphatic carboxylic acids is 1. The molecule has 0 bridgehead atoms. The lowest BCUT2D eigenvalue weighted by Gasteiger charge is -2.17. The van der Waals surface area contributed by atoms with E-state index in [1.54, 1.807) is 25.3 Å². The molecule has 2 aromatic rings. The molecule has 1 heterocycles. The van der Waals surface area contributed by atoms with E-state index in [0.29, 0.717) is 11.3 Å². The largest absolute Gasteiger partial charge is 0.497 e. The molecule has 27 heavy (non-hydrogen) atoms. The molecule has 3 rings (SSSR count). The predicted octanol–water partition coefficient (Wildman–Crippen LogP) is 2.33. The Balaban J connectivity index is 1.84. The highest BCUT2D eigenvalue weighted by Gasteiger charge is 2.40. The molecule has 1 amide bonds. The first-order valence-electron chi connectivity index (χ1n) is 8.40.